The largest absolute Gasteiger partial charge is 0.294 e. The van der Waals surface area contributed by atoms with Gasteiger partial charge in [-0.15, -0.1) is 0 Å². The van der Waals surface area contributed by atoms with E-state index >= 15 is 0 Å². The molecule has 2 heteroatoms. The molecule has 0 aliphatic carbocycles. The van der Waals surface area contributed by atoms with E-state index in [1.165, 1.54) is 0 Å². The number of rotatable bonds is 3. The van der Waals surface area contributed by atoms with Gasteiger partial charge in [0.2, 0.25) is 0 Å². The molecule has 0 fully saturated rings. The van der Waals surface area contributed by atoms with E-state index in [9.17, 15) is 4.79 Å². The number of hydrogen-bond acceptors (Lipinski definition) is 1. The molecule has 0 spiro atoms. The van der Waals surface area contributed by atoms with Gasteiger partial charge in [0, 0.05) is 10.1 Å². The van der Waals surface area contributed by atoms with Crippen LogP contribution in [-0.2, 0) is 4.79 Å². The first-order valence-electron chi connectivity index (χ1n) is 3.63. The quantitative estimate of drug-likeness (QED) is 0.524. The summed E-state index contributed by atoms with van der Waals surface area (Å²) in [5.41, 5.74) is 0.756. The van der Waals surface area contributed by atoms with Crippen LogP contribution in [0.15, 0.2) is 22.2 Å². The van der Waals surface area contributed by atoms with E-state index in [1.54, 1.807) is 6.92 Å². The van der Waals surface area contributed by atoms with Crippen LogP contribution in [0, 0.1) is 0 Å². The summed E-state index contributed by atoms with van der Waals surface area (Å²) >= 11 is 3.28. The molecule has 1 nitrogen and oxygen atoms in total. The molecule has 0 aliphatic rings. The number of carbonyl (C=O) groups excluding carboxylic acids is 1. The summed E-state index contributed by atoms with van der Waals surface area (Å²) in [6, 6.07) is 0. The van der Waals surface area contributed by atoms with Crippen LogP contribution in [0.1, 0.15) is 27.2 Å². The third-order valence-corrected chi connectivity index (χ3v) is 1.70. The van der Waals surface area contributed by atoms with Crippen LogP contribution >= 0.6 is 15.9 Å². The number of allylic oxidation sites excluding steroid dienone is 4. The number of hydrogen-bond donors (Lipinski definition) is 0. The molecule has 62 valence electrons. The topological polar surface area (TPSA) is 17.1 Å². The minimum absolute atomic E-state index is 0.101. The summed E-state index contributed by atoms with van der Waals surface area (Å²) in [7, 11) is 0. The van der Waals surface area contributed by atoms with Gasteiger partial charge in [-0.1, -0.05) is 35.0 Å². The van der Waals surface area contributed by atoms with E-state index in [-0.39, 0.29) is 5.78 Å². The maximum atomic E-state index is 11.0. The van der Waals surface area contributed by atoms with Gasteiger partial charge in [-0.25, -0.2) is 0 Å². The average Bonchev–Trinajstić information content (AvgIpc) is 1.87. The van der Waals surface area contributed by atoms with Gasteiger partial charge >= 0.3 is 0 Å². The van der Waals surface area contributed by atoms with Gasteiger partial charge in [0.05, 0.1) is 0 Å². The molecule has 11 heavy (non-hydrogen) atoms. The molecule has 0 aromatic rings. The highest BCUT2D eigenvalue weighted by Gasteiger charge is 2.00. The van der Waals surface area contributed by atoms with Crippen LogP contribution in [0.4, 0.5) is 0 Å². The minimum Gasteiger partial charge on any atom is -0.294 e. The Balaban J connectivity index is 4.51. The van der Waals surface area contributed by atoms with Crippen LogP contribution in [-0.4, -0.2) is 5.78 Å². The van der Waals surface area contributed by atoms with Crippen molar-refractivity contribution in [3.8, 4) is 0 Å². The third-order valence-electron chi connectivity index (χ3n) is 1.27. The van der Waals surface area contributed by atoms with Crippen LogP contribution in [0.2, 0.25) is 0 Å². The van der Waals surface area contributed by atoms with Gasteiger partial charge in [0.1, 0.15) is 0 Å². The number of carbonyl (C=O) groups is 1. The zero-order valence-corrected chi connectivity index (χ0v) is 8.73. The summed E-state index contributed by atoms with van der Waals surface area (Å²) in [4.78, 5) is 11.0. The second-order valence-corrected chi connectivity index (χ2v) is 3.50. The Bertz CT molecular complexity index is 198. The van der Waals surface area contributed by atoms with Gasteiger partial charge in [-0.3, -0.25) is 4.79 Å². The van der Waals surface area contributed by atoms with Crippen molar-refractivity contribution in [2.24, 2.45) is 0 Å². The van der Waals surface area contributed by atoms with Crippen molar-refractivity contribution >= 4 is 21.7 Å². The third kappa shape index (κ3) is 4.14. The Morgan fingerprint density at radius 2 is 2.00 bits per heavy atom. The molecule has 0 atom stereocenters. The van der Waals surface area contributed by atoms with Gasteiger partial charge in [-0.2, -0.15) is 0 Å². The lowest BCUT2D eigenvalue weighted by molar-refractivity contribution is -0.113. The molecule has 0 saturated heterocycles. The standard InChI is InChI=1S/C9H13BrO/c1-4-5-6-9(7(2)10)8(3)11/h5-6H,4H2,1-3H3/b6-5-,9-7-. The van der Waals surface area contributed by atoms with Gasteiger partial charge in [0.25, 0.3) is 0 Å². The molecule has 0 amide bonds. The SMILES string of the molecule is CC/C=C\C(C(C)=O)=C(/C)Br. The van der Waals surface area contributed by atoms with E-state index in [0.29, 0.717) is 0 Å². The van der Waals surface area contributed by atoms with Crippen molar-refractivity contribution in [2.45, 2.75) is 27.2 Å². The second-order valence-electron chi connectivity index (χ2n) is 2.31. The zero-order chi connectivity index (χ0) is 8.85. The molecule has 0 saturated carbocycles. The summed E-state index contributed by atoms with van der Waals surface area (Å²) in [6.45, 7) is 5.48. The Kier molecular flexibility index (Phi) is 5.12. The monoisotopic (exact) mass is 216 g/mol. The fourth-order valence-electron chi connectivity index (χ4n) is 0.710. The summed E-state index contributed by atoms with van der Waals surface area (Å²) < 4.78 is 0.898. The highest BCUT2D eigenvalue weighted by Crippen LogP contribution is 2.13. The normalized spacial score (nSPS) is 13.5. The van der Waals surface area contributed by atoms with Crippen molar-refractivity contribution in [2.75, 3.05) is 0 Å². The van der Waals surface area contributed by atoms with Crippen molar-refractivity contribution in [3.63, 3.8) is 0 Å². The minimum atomic E-state index is 0.101. The maximum Gasteiger partial charge on any atom is 0.160 e. The van der Waals surface area contributed by atoms with Crippen LogP contribution < -0.4 is 0 Å². The van der Waals surface area contributed by atoms with Crippen molar-refractivity contribution in [1.82, 2.24) is 0 Å². The lowest BCUT2D eigenvalue weighted by Crippen LogP contribution is -1.93. The highest BCUT2D eigenvalue weighted by atomic mass is 79.9. The molecule has 0 radical (unpaired) electrons. The van der Waals surface area contributed by atoms with E-state index in [1.807, 2.05) is 26.0 Å². The average molecular weight is 217 g/mol. The van der Waals surface area contributed by atoms with Crippen molar-refractivity contribution in [3.05, 3.63) is 22.2 Å². The molecule has 0 aromatic carbocycles. The fourth-order valence-corrected chi connectivity index (χ4v) is 1.12. The number of ketones is 1. The molecule has 0 aromatic heterocycles. The molecule has 0 aliphatic heterocycles. The molecular weight excluding hydrogens is 204 g/mol. The van der Waals surface area contributed by atoms with Gasteiger partial charge < -0.3 is 0 Å². The molecular formula is C9H13BrO. The van der Waals surface area contributed by atoms with Gasteiger partial charge in [-0.05, 0) is 20.3 Å². The molecule has 0 rings (SSSR count). The fraction of sp³-hybridized carbons (Fsp3) is 0.444. The second kappa shape index (κ2) is 5.30. The maximum absolute atomic E-state index is 11.0. The Morgan fingerprint density at radius 3 is 2.27 bits per heavy atom. The lowest BCUT2D eigenvalue weighted by Gasteiger charge is -1.96. The number of halogens is 1. The first kappa shape index (κ1) is 10.6. The molecule has 0 unspecified atom stereocenters. The van der Waals surface area contributed by atoms with Crippen molar-refractivity contribution in [1.29, 1.82) is 0 Å². The van der Waals surface area contributed by atoms with Gasteiger partial charge in [0.15, 0.2) is 5.78 Å². The predicted octanol–water partition coefficient (Wildman–Crippen LogP) is 3.21. The number of Topliss-reactive ketones (excluding diaryl/α,β-unsaturated/α-hetero) is 1. The lowest BCUT2D eigenvalue weighted by atomic mass is 10.1. The molecule has 0 N–H and O–H groups in total. The summed E-state index contributed by atoms with van der Waals surface area (Å²) in [5, 5.41) is 0. The zero-order valence-electron chi connectivity index (χ0n) is 7.15. The molecule has 0 heterocycles. The summed E-state index contributed by atoms with van der Waals surface area (Å²) in [5.74, 6) is 0.101. The van der Waals surface area contributed by atoms with Crippen LogP contribution in [0.5, 0.6) is 0 Å². The van der Waals surface area contributed by atoms with E-state index < -0.39 is 0 Å². The highest BCUT2D eigenvalue weighted by molar-refractivity contribution is 9.11. The van der Waals surface area contributed by atoms with E-state index in [4.69, 9.17) is 0 Å². The van der Waals surface area contributed by atoms with Crippen LogP contribution in [0.25, 0.3) is 0 Å². The Hall–Kier alpha value is -0.370. The predicted molar refractivity (Wildman–Crippen MR) is 51.7 cm³/mol. The van der Waals surface area contributed by atoms with Crippen LogP contribution in [0.3, 0.4) is 0 Å². The van der Waals surface area contributed by atoms with Crippen molar-refractivity contribution < 1.29 is 4.79 Å². The molecule has 0 bridgehead atoms. The Labute approximate surface area is 76.3 Å². The Morgan fingerprint density at radius 1 is 1.45 bits per heavy atom. The first-order valence-corrected chi connectivity index (χ1v) is 4.42. The smallest absolute Gasteiger partial charge is 0.160 e. The first-order chi connectivity index (χ1) is 5.09. The summed E-state index contributed by atoms with van der Waals surface area (Å²) in [6.07, 6.45) is 4.78. The van der Waals surface area contributed by atoms with E-state index in [2.05, 4.69) is 15.9 Å². The van der Waals surface area contributed by atoms with E-state index in [0.717, 1.165) is 16.5 Å².